The maximum absolute atomic E-state index is 12.6. The van der Waals surface area contributed by atoms with Crippen LogP contribution in [0.4, 0.5) is 4.79 Å². The topological polar surface area (TPSA) is 51.5 Å². The summed E-state index contributed by atoms with van der Waals surface area (Å²) in [5, 5.41) is 0.861. The number of aryl methyl sites for hydroxylation is 1. The van der Waals surface area contributed by atoms with Crippen LogP contribution in [0.1, 0.15) is 23.4 Å². The molecule has 0 aliphatic carbocycles. The second-order valence-electron chi connectivity index (χ2n) is 6.44. The van der Waals surface area contributed by atoms with Crippen LogP contribution in [0.15, 0.2) is 29.2 Å². The molecule has 2 amide bonds. The fourth-order valence-electron chi connectivity index (χ4n) is 3.17. The number of nitrogens with zero attached hydrogens (tertiary/aromatic N) is 2. The van der Waals surface area contributed by atoms with Crippen LogP contribution in [-0.4, -0.2) is 40.9 Å². The first kappa shape index (κ1) is 21.0. The molecule has 0 radical (unpaired) electrons. The van der Waals surface area contributed by atoms with Crippen LogP contribution in [-0.2, 0) is 9.53 Å². The van der Waals surface area contributed by atoms with Gasteiger partial charge >= 0.3 is 0 Å². The summed E-state index contributed by atoms with van der Waals surface area (Å²) in [4.78, 5) is 26.5. The molecule has 1 aromatic carbocycles. The van der Waals surface area contributed by atoms with E-state index in [1.165, 1.54) is 4.90 Å². The summed E-state index contributed by atoms with van der Waals surface area (Å²) in [7, 11) is 1.59. The number of halogens is 2. The zero-order valence-electron chi connectivity index (χ0n) is 15.8. The molecule has 3 rings (SSSR count). The van der Waals surface area contributed by atoms with E-state index in [-0.39, 0.29) is 11.1 Å². The van der Waals surface area contributed by atoms with Gasteiger partial charge in [-0.1, -0.05) is 23.2 Å². The third-order valence-corrected chi connectivity index (χ3v) is 5.96. The van der Waals surface area contributed by atoms with Crippen LogP contribution in [0.3, 0.4) is 0 Å². The van der Waals surface area contributed by atoms with E-state index in [0.29, 0.717) is 34.5 Å². The molecule has 0 unspecified atom stereocenters. The van der Waals surface area contributed by atoms with Gasteiger partial charge in [-0.05, 0) is 67.9 Å². The van der Waals surface area contributed by atoms with Gasteiger partial charge in [0.1, 0.15) is 0 Å². The molecule has 2 heterocycles. The highest BCUT2D eigenvalue weighted by Crippen LogP contribution is 2.34. The monoisotopic (exact) mass is 438 g/mol. The minimum atomic E-state index is -0.263. The number of carbonyl (C=O) groups is 2. The lowest BCUT2D eigenvalue weighted by Gasteiger charge is -2.12. The average Bonchev–Trinajstić information content (AvgIpc) is 3.06. The van der Waals surface area contributed by atoms with Gasteiger partial charge in [0.15, 0.2) is 0 Å². The molecule has 1 saturated heterocycles. The van der Waals surface area contributed by atoms with Gasteiger partial charge < -0.3 is 9.30 Å². The van der Waals surface area contributed by atoms with E-state index in [0.717, 1.165) is 34.4 Å². The van der Waals surface area contributed by atoms with Crippen LogP contribution in [0.5, 0.6) is 0 Å². The normalized spacial score (nSPS) is 15.9. The van der Waals surface area contributed by atoms with Gasteiger partial charge in [-0.2, -0.15) is 0 Å². The molecule has 1 aliphatic heterocycles. The van der Waals surface area contributed by atoms with Gasteiger partial charge in [-0.3, -0.25) is 14.5 Å². The third-order valence-electron chi connectivity index (χ3n) is 4.51. The predicted octanol–water partition coefficient (Wildman–Crippen LogP) is 5.47. The molecule has 1 fully saturated rings. The summed E-state index contributed by atoms with van der Waals surface area (Å²) in [5.74, 6) is -0.263. The van der Waals surface area contributed by atoms with E-state index in [9.17, 15) is 9.59 Å². The van der Waals surface area contributed by atoms with Gasteiger partial charge in [0.25, 0.3) is 11.1 Å². The number of aromatic nitrogens is 1. The summed E-state index contributed by atoms with van der Waals surface area (Å²) >= 11 is 13.3. The maximum atomic E-state index is 12.6. The zero-order chi connectivity index (χ0) is 20.4. The Labute approximate surface area is 178 Å². The second-order valence-corrected chi connectivity index (χ2v) is 8.27. The van der Waals surface area contributed by atoms with Crippen molar-refractivity contribution in [3.63, 3.8) is 0 Å². The van der Waals surface area contributed by atoms with Crippen LogP contribution in [0.2, 0.25) is 10.0 Å². The number of benzene rings is 1. The molecule has 0 N–H and O–H groups in total. The SMILES string of the molecule is COCCCN1C(=O)S/C(=C/c2cc(C)n(-c3ccc(Cl)cc3Cl)c2C)C1=O. The van der Waals surface area contributed by atoms with E-state index in [4.69, 9.17) is 27.9 Å². The van der Waals surface area contributed by atoms with E-state index in [1.807, 2.05) is 30.5 Å². The van der Waals surface area contributed by atoms with Crippen molar-refractivity contribution in [1.29, 1.82) is 0 Å². The minimum Gasteiger partial charge on any atom is -0.385 e. The lowest BCUT2D eigenvalue weighted by molar-refractivity contribution is -0.122. The van der Waals surface area contributed by atoms with Crippen molar-refractivity contribution in [1.82, 2.24) is 9.47 Å². The van der Waals surface area contributed by atoms with Crippen molar-refractivity contribution in [3.05, 3.63) is 56.2 Å². The highest BCUT2D eigenvalue weighted by Gasteiger charge is 2.34. The van der Waals surface area contributed by atoms with Crippen LogP contribution >= 0.6 is 35.0 Å². The van der Waals surface area contributed by atoms with Crippen molar-refractivity contribution in [2.75, 3.05) is 20.3 Å². The van der Waals surface area contributed by atoms with Crippen molar-refractivity contribution >= 4 is 52.2 Å². The fraction of sp³-hybridized carbons (Fsp3) is 0.300. The van der Waals surface area contributed by atoms with Crippen molar-refractivity contribution < 1.29 is 14.3 Å². The summed E-state index contributed by atoms with van der Waals surface area (Å²) in [5.41, 5.74) is 3.57. The first-order valence-corrected chi connectivity index (χ1v) is 10.3. The molecule has 28 heavy (non-hydrogen) atoms. The number of carbonyl (C=O) groups excluding carboxylic acids is 2. The molecule has 0 bridgehead atoms. The molecular weight excluding hydrogens is 419 g/mol. The maximum Gasteiger partial charge on any atom is 0.293 e. The number of thioether (sulfide) groups is 1. The van der Waals surface area contributed by atoms with Gasteiger partial charge in [0, 0.05) is 36.7 Å². The van der Waals surface area contributed by atoms with E-state index < -0.39 is 0 Å². The summed E-state index contributed by atoms with van der Waals surface area (Å²) in [6, 6.07) is 7.31. The quantitative estimate of drug-likeness (QED) is 0.442. The lowest BCUT2D eigenvalue weighted by Crippen LogP contribution is -2.29. The highest BCUT2D eigenvalue weighted by atomic mass is 35.5. The fourth-order valence-corrected chi connectivity index (χ4v) is 4.52. The minimum absolute atomic E-state index is 0.248. The smallest absolute Gasteiger partial charge is 0.293 e. The first-order valence-electron chi connectivity index (χ1n) is 8.72. The molecule has 1 aromatic heterocycles. The van der Waals surface area contributed by atoms with Gasteiger partial charge in [0.05, 0.1) is 15.6 Å². The largest absolute Gasteiger partial charge is 0.385 e. The van der Waals surface area contributed by atoms with Gasteiger partial charge in [0.2, 0.25) is 0 Å². The Bertz CT molecular complexity index is 969. The number of methoxy groups -OCH3 is 1. The van der Waals surface area contributed by atoms with Gasteiger partial charge in [-0.25, -0.2) is 0 Å². The Morgan fingerprint density at radius 3 is 2.61 bits per heavy atom. The molecule has 0 saturated carbocycles. The lowest BCUT2D eigenvalue weighted by atomic mass is 10.2. The van der Waals surface area contributed by atoms with Gasteiger partial charge in [-0.15, -0.1) is 0 Å². The Morgan fingerprint density at radius 2 is 1.93 bits per heavy atom. The van der Waals surface area contributed by atoms with E-state index >= 15 is 0 Å². The predicted molar refractivity (Wildman–Crippen MR) is 114 cm³/mol. The molecule has 8 heteroatoms. The van der Waals surface area contributed by atoms with Crippen molar-refractivity contribution in [2.24, 2.45) is 0 Å². The molecule has 0 spiro atoms. The summed E-state index contributed by atoms with van der Waals surface area (Å²) < 4.78 is 7.00. The summed E-state index contributed by atoms with van der Waals surface area (Å²) in [6.07, 6.45) is 2.38. The van der Waals surface area contributed by atoms with E-state index in [2.05, 4.69) is 0 Å². The first-order chi connectivity index (χ1) is 13.3. The zero-order valence-corrected chi connectivity index (χ0v) is 18.1. The number of rotatable bonds is 6. The van der Waals surface area contributed by atoms with Crippen LogP contribution in [0.25, 0.3) is 11.8 Å². The number of ether oxygens (including phenoxy) is 1. The number of hydrogen-bond donors (Lipinski definition) is 0. The molecule has 5 nitrogen and oxygen atoms in total. The third kappa shape index (κ3) is 4.15. The van der Waals surface area contributed by atoms with E-state index in [1.54, 1.807) is 25.3 Å². The molecule has 0 atom stereocenters. The standard InChI is InChI=1S/C20H20Cl2N2O3S/c1-12-9-14(13(2)24(12)17-6-5-15(21)11-16(17)22)10-18-19(25)23(20(26)28-18)7-4-8-27-3/h5-6,9-11H,4,7-8H2,1-3H3/b18-10+. The highest BCUT2D eigenvalue weighted by molar-refractivity contribution is 8.18. The molecular formula is C20H20Cl2N2O3S. The summed E-state index contributed by atoms with van der Waals surface area (Å²) in [6.45, 7) is 4.78. The average molecular weight is 439 g/mol. The number of imide groups is 1. The number of amides is 2. The Hall–Kier alpha value is -1.73. The van der Waals surface area contributed by atoms with Crippen molar-refractivity contribution in [2.45, 2.75) is 20.3 Å². The number of hydrogen-bond acceptors (Lipinski definition) is 4. The Kier molecular flexibility index (Phi) is 6.55. The molecule has 2 aromatic rings. The molecule has 148 valence electrons. The Morgan fingerprint density at radius 1 is 1.18 bits per heavy atom. The van der Waals surface area contributed by atoms with Crippen molar-refractivity contribution in [3.8, 4) is 5.69 Å². The van der Waals surface area contributed by atoms with Crippen LogP contribution in [0, 0.1) is 13.8 Å². The Balaban J connectivity index is 1.91. The van der Waals surface area contributed by atoms with Crippen LogP contribution < -0.4 is 0 Å². The molecule has 1 aliphatic rings. The second kappa shape index (κ2) is 8.74.